The van der Waals surface area contributed by atoms with Crippen molar-refractivity contribution in [3.63, 3.8) is 0 Å². The quantitative estimate of drug-likeness (QED) is 0.545. The van der Waals surface area contributed by atoms with Crippen LogP contribution < -0.4 is 15.1 Å². The standard InChI is InChI=1S/C24H25F2N7S/c1-16-12-17(33-7-6-24(25,26)14-33)13-18-21(16)27-15-28-22(18)31-8-10-32(11-9-31)23-29-19-4-2-3-5-20(19)34-30-23/h2-5,12-13,15H,6-11,14H2,1H3,(H,29,30). The highest BCUT2D eigenvalue weighted by Crippen LogP contribution is 2.36. The number of hydrogen-bond acceptors (Lipinski definition) is 8. The maximum Gasteiger partial charge on any atom is 0.266 e. The molecule has 2 fully saturated rings. The number of nitrogens with one attached hydrogen (secondary N) is 1. The molecule has 4 heterocycles. The van der Waals surface area contributed by atoms with E-state index < -0.39 is 5.92 Å². The summed E-state index contributed by atoms with van der Waals surface area (Å²) in [4.78, 5) is 16.5. The van der Waals surface area contributed by atoms with Gasteiger partial charge in [0.1, 0.15) is 12.1 Å². The number of aromatic nitrogens is 2. The highest BCUT2D eigenvalue weighted by atomic mass is 32.2. The van der Waals surface area contributed by atoms with Gasteiger partial charge in [0.25, 0.3) is 5.92 Å². The van der Waals surface area contributed by atoms with Crippen LogP contribution in [0.1, 0.15) is 12.0 Å². The summed E-state index contributed by atoms with van der Waals surface area (Å²) in [5, 5.41) is 4.36. The number of anilines is 3. The van der Waals surface area contributed by atoms with Gasteiger partial charge in [-0.05, 0) is 36.8 Å². The Bertz CT molecular complexity index is 1270. The Morgan fingerprint density at radius 1 is 0.971 bits per heavy atom. The number of rotatable bonds is 2. The van der Waals surface area contributed by atoms with E-state index in [0.717, 1.165) is 70.7 Å². The van der Waals surface area contributed by atoms with E-state index in [1.165, 1.54) is 11.9 Å². The van der Waals surface area contributed by atoms with Crippen LogP contribution in [0.2, 0.25) is 0 Å². The molecule has 0 aliphatic carbocycles. The minimum absolute atomic E-state index is 0.106. The van der Waals surface area contributed by atoms with E-state index in [1.807, 2.05) is 31.2 Å². The van der Waals surface area contributed by atoms with Crippen molar-refractivity contribution in [3.8, 4) is 0 Å². The average molecular weight is 482 g/mol. The molecule has 0 unspecified atom stereocenters. The topological polar surface area (TPSA) is 59.9 Å². The fraction of sp³-hybridized carbons (Fsp3) is 0.375. The Hall–Kier alpha value is -3.14. The summed E-state index contributed by atoms with van der Waals surface area (Å²) in [7, 11) is 0. The summed E-state index contributed by atoms with van der Waals surface area (Å²) in [6, 6.07) is 12.1. The second-order valence-electron chi connectivity index (χ2n) is 8.99. The zero-order valence-corrected chi connectivity index (χ0v) is 19.7. The molecule has 7 nitrogen and oxygen atoms in total. The Morgan fingerprint density at radius 3 is 2.56 bits per heavy atom. The Labute approximate surface area is 201 Å². The van der Waals surface area contributed by atoms with E-state index in [1.54, 1.807) is 11.2 Å². The largest absolute Gasteiger partial charge is 0.365 e. The molecule has 0 radical (unpaired) electrons. The lowest BCUT2D eigenvalue weighted by atomic mass is 10.1. The van der Waals surface area contributed by atoms with Crippen molar-refractivity contribution in [1.82, 2.24) is 14.9 Å². The molecular formula is C24H25F2N7S. The summed E-state index contributed by atoms with van der Waals surface area (Å²) in [5.74, 6) is -0.896. The maximum absolute atomic E-state index is 13.8. The molecule has 0 saturated carbocycles. The first-order chi connectivity index (χ1) is 16.5. The van der Waals surface area contributed by atoms with Gasteiger partial charge >= 0.3 is 0 Å². The van der Waals surface area contributed by atoms with Crippen LogP contribution in [-0.2, 0) is 0 Å². The molecule has 0 spiro atoms. The molecule has 1 N–H and O–H groups in total. The normalized spacial score (nSPS) is 19.7. The van der Waals surface area contributed by atoms with Gasteiger partial charge in [0, 0.05) is 62.2 Å². The van der Waals surface area contributed by atoms with Gasteiger partial charge in [0.15, 0.2) is 0 Å². The molecule has 6 rings (SSSR count). The monoisotopic (exact) mass is 481 g/mol. The number of guanidine groups is 1. The molecule has 176 valence electrons. The molecule has 0 bridgehead atoms. The lowest BCUT2D eigenvalue weighted by Gasteiger charge is -2.38. The van der Waals surface area contributed by atoms with Crippen molar-refractivity contribution < 1.29 is 8.78 Å². The van der Waals surface area contributed by atoms with Gasteiger partial charge in [-0.1, -0.05) is 12.1 Å². The second-order valence-corrected chi connectivity index (χ2v) is 9.79. The van der Waals surface area contributed by atoms with Gasteiger partial charge in [-0.25, -0.2) is 18.7 Å². The number of aryl methyl sites for hydroxylation is 1. The lowest BCUT2D eigenvalue weighted by molar-refractivity contribution is 0.0257. The Kier molecular flexibility index (Phi) is 5.20. The van der Waals surface area contributed by atoms with Crippen LogP contribution in [0.4, 0.5) is 26.0 Å². The van der Waals surface area contributed by atoms with Crippen LogP contribution in [0.5, 0.6) is 0 Å². The van der Waals surface area contributed by atoms with Crippen molar-refractivity contribution in [2.45, 2.75) is 24.2 Å². The number of piperazine rings is 1. The van der Waals surface area contributed by atoms with Gasteiger partial charge in [0.05, 0.1) is 22.6 Å². The molecule has 34 heavy (non-hydrogen) atoms. The molecule has 2 saturated heterocycles. The van der Waals surface area contributed by atoms with Crippen LogP contribution in [0.15, 0.2) is 52.0 Å². The van der Waals surface area contributed by atoms with E-state index in [4.69, 9.17) is 0 Å². The highest BCUT2D eigenvalue weighted by Gasteiger charge is 2.38. The third-order valence-electron chi connectivity index (χ3n) is 6.67. The third kappa shape index (κ3) is 3.89. The number of hydrogen-bond donors (Lipinski definition) is 1. The Balaban J connectivity index is 1.23. The number of alkyl halides is 2. The Morgan fingerprint density at radius 2 is 1.76 bits per heavy atom. The van der Waals surface area contributed by atoms with Crippen molar-refractivity contribution in [3.05, 3.63) is 48.3 Å². The van der Waals surface area contributed by atoms with Crippen LogP contribution in [0, 0.1) is 6.92 Å². The minimum atomic E-state index is -2.64. The molecular weight excluding hydrogens is 456 g/mol. The fourth-order valence-corrected chi connectivity index (χ4v) is 5.56. The summed E-state index contributed by atoms with van der Waals surface area (Å²) >= 11 is 1.50. The van der Waals surface area contributed by atoms with E-state index in [2.05, 4.69) is 41.6 Å². The van der Waals surface area contributed by atoms with Gasteiger partial charge in [-0.3, -0.25) is 0 Å². The van der Waals surface area contributed by atoms with Crippen LogP contribution in [0.3, 0.4) is 0 Å². The van der Waals surface area contributed by atoms with Gasteiger partial charge in [-0.2, -0.15) is 4.40 Å². The molecule has 2 aromatic carbocycles. The first-order valence-electron chi connectivity index (χ1n) is 11.5. The molecule has 10 heteroatoms. The lowest BCUT2D eigenvalue weighted by Crippen LogP contribution is -2.51. The predicted octanol–water partition coefficient (Wildman–Crippen LogP) is 4.39. The first kappa shape index (κ1) is 21.4. The van der Waals surface area contributed by atoms with Crippen LogP contribution in [-0.4, -0.2) is 66.0 Å². The van der Waals surface area contributed by atoms with Crippen molar-refractivity contribution in [2.75, 3.05) is 54.4 Å². The van der Waals surface area contributed by atoms with Crippen molar-refractivity contribution in [2.24, 2.45) is 4.40 Å². The molecule has 3 aliphatic heterocycles. The average Bonchev–Trinajstić information content (AvgIpc) is 3.23. The molecule has 3 aromatic rings. The summed E-state index contributed by atoms with van der Waals surface area (Å²) in [5.41, 5.74) is 3.74. The summed E-state index contributed by atoms with van der Waals surface area (Å²) in [6.45, 7) is 5.27. The smallest absolute Gasteiger partial charge is 0.266 e. The second kappa shape index (κ2) is 8.26. The first-order valence-corrected chi connectivity index (χ1v) is 12.2. The zero-order valence-electron chi connectivity index (χ0n) is 18.8. The third-order valence-corrected chi connectivity index (χ3v) is 7.49. The highest BCUT2D eigenvalue weighted by molar-refractivity contribution is 7.98. The van der Waals surface area contributed by atoms with Crippen LogP contribution in [0.25, 0.3) is 10.9 Å². The number of benzene rings is 2. The summed E-state index contributed by atoms with van der Waals surface area (Å²) in [6.07, 6.45) is 1.49. The van der Waals surface area contributed by atoms with Gasteiger partial charge < -0.3 is 20.0 Å². The van der Waals surface area contributed by atoms with E-state index in [-0.39, 0.29) is 13.0 Å². The van der Waals surface area contributed by atoms with E-state index in [9.17, 15) is 8.78 Å². The molecule has 0 amide bonds. The zero-order chi connectivity index (χ0) is 23.3. The van der Waals surface area contributed by atoms with Crippen molar-refractivity contribution >= 4 is 46.0 Å². The fourth-order valence-electron chi connectivity index (χ4n) is 4.86. The number of fused-ring (bicyclic) bond motifs is 2. The number of nitrogens with zero attached hydrogens (tertiary/aromatic N) is 6. The number of halogens is 2. The molecule has 1 aromatic heterocycles. The number of para-hydroxylation sites is 1. The van der Waals surface area contributed by atoms with Crippen molar-refractivity contribution in [1.29, 1.82) is 0 Å². The summed E-state index contributed by atoms with van der Waals surface area (Å²) < 4.78 is 32.3. The van der Waals surface area contributed by atoms with Gasteiger partial charge in [0.2, 0.25) is 5.96 Å². The molecule has 0 atom stereocenters. The predicted molar refractivity (Wildman–Crippen MR) is 133 cm³/mol. The van der Waals surface area contributed by atoms with E-state index in [0.29, 0.717) is 6.54 Å². The molecule has 3 aliphatic rings. The maximum atomic E-state index is 13.8. The SMILES string of the molecule is Cc1cc(N2CCC(F)(F)C2)cc2c(N3CCN(C4=NSc5ccccc5N4)CC3)ncnc12. The van der Waals surface area contributed by atoms with E-state index >= 15 is 0 Å². The minimum Gasteiger partial charge on any atom is -0.365 e. The van der Waals surface area contributed by atoms with Gasteiger partial charge in [-0.15, -0.1) is 0 Å². The van der Waals surface area contributed by atoms with Crippen LogP contribution >= 0.6 is 11.9 Å².